The van der Waals surface area contributed by atoms with E-state index >= 15 is 0 Å². The molecule has 1 aromatic rings. The molecule has 0 bridgehead atoms. The van der Waals surface area contributed by atoms with E-state index in [1.807, 2.05) is 12.3 Å². The number of hydrogen-bond acceptors (Lipinski definition) is 3. The molecular formula is C11H16BrN3. The van der Waals surface area contributed by atoms with E-state index in [1.165, 1.54) is 5.56 Å². The predicted octanol–water partition coefficient (Wildman–Crippen LogP) is 2.08. The molecular weight excluding hydrogens is 254 g/mol. The van der Waals surface area contributed by atoms with Crippen molar-refractivity contribution in [2.24, 2.45) is 5.73 Å². The molecule has 15 heavy (non-hydrogen) atoms. The SMILES string of the molecule is Cc1ccnc(N2CCC[C@@H](N)C2)c1Br. The molecule has 0 saturated carbocycles. The Morgan fingerprint density at radius 2 is 2.40 bits per heavy atom. The summed E-state index contributed by atoms with van der Waals surface area (Å²) >= 11 is 3.59. The summed E-state index contributed by atoms with van der Waals surface area (Å²) in [6.45, 7) is 4.05. The average molecular weight is 270 g/mol. The molecule has 3 nitrogen and oxygen atoms in total. The van der Waals surface area contributed by atoms with E-state index in [4.69, 9.17) is 5.73 Å². The molecule has 2 rings (SSSR count). The van der Waals surface area contributed by atoms with Crippen LogP contribution in [0.25, 0.3) is 0 Å². The van der Waals surface area contributed by atoms with Crippen molar-refractivity contribution >= 4 is 21.7 Å². The zero-order valence-corrected chi connectivity index (χ0v) is 10.5. The summed E-state index contributed by atoms with van der Waals surface area (Å²) in [6.07, 6.45) is 4.14. The minimum absolute atomic E-state index is 0.285. The molecule has 0 unspecified atom stereocenters. The van der Waals surface area contributed by atoms with Crippen LogP contribution in [0.3, 0.4) is 0 Å². The van der Waals surface area contributed by atoms with Gasteiger partial charge in [-0.1, -0.05) is 0 Å². The maximum absolute atomic E-state index is 5.97. The summed E-state index contributed by atoms with van der Waals surface area (Å²) < 4.78 is 1.10. The Bertz CT molecular complexity index is 354. The van der Waals surface area contributed by atoms with Crippen LogP contribution in [0.15, 0.2) is 16.7 Å². The van der Waals surface area contributed by atoms with Gasteiger partial charge in [-0.2, -0.15) is 0 Å². The lowest BCUT2D eigenvalue weighted by Crippen LogP contribution is -2.43. The maximum Gasteiger partial charge on any atom is 0.143 e. The molecule has 0 radical (unpaired) electrons. The molecule has 0 aromatic carbocycles. The van der Waals surface area contributed by atoms with Crippen molar-refractivity contribution in [3.8, 4) is 0 Å². The van der Waals surface area contributed by atoms with Gasteiger partial charge in [-0.05, 0) is 47.3 Å². The summed E-state index contributed by atoms with van der Waals surface area (Å²) in [6, 6.07) is 2.30. The monoisotopic (exact) mass is 269 g/mol. The summed E-state index contributed by atoms with van der Waals surface area (Å²) in [4.78, 5) is 6.69. The van der Waals surface area contributed by atoms with Crippen molar-refractivity contribution in [1.82, 2.24) is 4.98 Å². The molecule has 1 aliphatic rings. The number of hydrogen-bond donors (Lipinski definition) is 1. The predicted molar refractivity (Wildman–Crippen MR) is 66.1 cm³/mol. The Balaban J connectivity index is 2.24. The van der Waals surface area contributed by atoms with Gasteiger partial charge in [0.25, 0.3) is 0 Å². The van der Waals surface area contributed by atoms with Gasteiger partial charge in [0.05, 0.1) is 4.47 Å². The van der Waals surface area contributed by atoms with Gasteiger partial charge in [0.15, 0.2) is 0 Å². The lowest BCUT2D eigenvalue weighted by atomic mass is 10.1. The minimum Gasteiger partial charge on any atom is -0.354 e. The molecule has 1 saturated heterocycles. The first kappa shape index (κ1) is 10.9. The number of nitrogens with two attached hydrogens (primary N) is 1. The second-order valence-electron chi connectivity index (χ2n) is 4.11. The van der Waals surface area contributed by atoms with Gasteiger partial charge in [0.2, 0.25) is 0 Å². The molecule has 1 fully saturated rings. The number of piperidine rings is 1. The van der Waals surface area contributed by atoms with Crippen LogP contribution in [-0.2, 0) is 0 Å². The van der Waals surface area contributed by atoms with E-state index in [-0.39, 0.29) is 6.04 Å². The molecule has 4 heteroatoms. The van der Waals surface area contributed by atoms with Crippen LogP contribution in [0.1, 0.15) is 18.4 Å². The number of aryl methyl sites for hydroxylation is 1. The van der Waals surface area contributed by atoms with Crippen LogP contribution in [0.4, 0.5) is 5.82 Å². The van der Waals surface area contributed by atoms with Gasteiger partial charge in [-0.3, -0.25) is 0 Å². The van der Waals surface area contributed by atoms with Gasteiger partial charge >= 0.3 is 0 Å². The number of nitrogens with zero attached hydrogens (tertiary/aromatic N) is 2. The Labute approximate surface area is 98.8 Å². The van der Waals surface area contributed by atoms with Gasteiger partial charge in [-0.15, -0.1) is 0 Å². The van der Waals surface area contributed by atoms with Gasteiger partial charge < -0.3 is 10.6 Å². The third kappa shape index (κ3) is 2.32. The maximum atomic E-state index is 5.97. The summed E-state index contributed by atoms with van der Waals surface area (Å²) in [5.41, 5.74) is 7.19. The number of pyridine rings is 1. The van der Waals surface area contributed by atoms with E-state index < -0.39 is 0 Å². The standard InChI is InChI=1S/C11H16BrN3/c1-8-4-5-14-11(10(8)12)15-6-2-3-9(13)7-15/h4-5,9H,2-3,6-7,13H2,1H3/t9-/m1/s1. The Kier molecular flexibility index (Phi) is 3.26. The number of halogens is 1. The van der Waals surface area contributed by atoms with Crippen molar-refractivity contribution in [3.05, 3.63) is 22.3 Å². The highest BCUT2D eigenvalue weighted by atomic mass is 79.9. The fourth-order valence-electron chi connectivity index (χ4n) is 1.95. The molecule has 0 spiro atoms. The van der Waals surface area contributed by atoms with Crippen molar-refractivity contribution in [2.75, 3.05) is 18.0 Å². The Morgan fingerprint density at radius 3 is 3.13 bits per heavy atom. The molecule has 1 aromatic heterocycles. The zero-order chi connectivity index (χ0) is 10.8. The lowest BCUT2D eigenvalue weighted by molar-refractivity contribution is 0.502. The van der Waals surface area contributed by atoms with E-state index in [0.717, 1.165) is 36.2 Å². The fraction of sp³-hybridized carbons (Fsp3) is 0.545. The second kappa shape index (κ2) is 4.49. The van der Waals surface area contributed by atoms with Crippen molar-refractivity contribution in [3.63, 3.8) is 0 Å². The zero-order valence-electron chi connectivity index (χ0n) is 8.91. The van der Waals surface area contributed by atoms with E-state index in [1.54, 1.807) is 0 Å². The molecule has 2 heterocycles. The molecule has 2 N–H and O–H groups in total. The number of aromatic nitrogens is 1. The first-order chi connectivity index (χ1) is 7.18. The van der Waals surface area contributed by atoms with E-state index in [2.05, 4.69) is 32.7 Å². The first-order valence-corrected chi connectivity index (χ1v) is 6.09. The van der Waals surface area contributed by atoms with Crippen LogP contribution in [0.5, 0.6) is 0 Å². The number of rotatable bonds is 1. The summed E-state index contributed by atoms with van der Waals surface area (Å²) in [5, 5.41) is 0. The molecule has 0 amide bonds. The highest BCUT2D eigenvalue weighted by Gasteiger charge is 2.19. The molecule has 1 aliphatic heterocycles. The summed E-state index contributed by atoms with van der Waals surface area (Å²) in [7, 11) is 0. The third-order valence-electron chi connectivity index (χ3n) is 2.82. The van der Waals surface area contributed by atoms with Crippen molar-refractivity contribution < 1.29 is 0 Å². The molecule has 1 atom stereocenters. The van der Waals surface area contributed by atoms with Gasteiger partial charge in [0.1, 0.15) is 5.82 Å². The second-order valence-corrected chi connectivity index (χ2v) is 4.91. The Morgan fingerprint density at radius 1 is 1.60 bits per heavy atom. The Hall–Kier alpha value is -0.610. The smallest absolute Gasteiger partial charge is 0.143 e. The van der Waals surface area contributed by atoms with Crippen LogP contribution >= 0.6 is 15.9 Å². The van der Waals surface area contributed by atoms with Crippen LogP contribution in [0, 0.1) is 6.92 Å². The number of anilines is 1. The van der Waals surface area contributed by atoms with Crippen LogP contribution < -0.4 is 10.6 Å². The van der Waals surface area contributed by atoms with Crippen molar-refractivity contribution in [1.29, 1.82) is 0 Å². The lowest BCUT2D eigenvalue weighted by Gasteiger charge is -2.32. The normalized spacial score (nSPS) is 21.8. The highest BCUT2D eigenvalue weighted by molar-refractivity contribution is 9.10. The first-order valence-electron chi connectivity index (χ1n) is 5.30. The quantitative estimate of drug-likeness (QED) is 0.849. The van der Waals surface area contributed by atoms with Crippen LogP contribution in [-0.4, -0.2) is 24.1 Å². The molecule has 82 valence electrons. The minimum atomic E-state index is 0.285. The summed E-state index contributed by atoms with van der Waals surface area (Å²) in [5.74, 6) is 1.03. The third-order valence-corrected chi connectivity index (χ3v) is 3.80. The average Bonchev–Trinajstić information content (AvgIpc) is 2.22. The van der Waals surface area contributed by atoms with E-state index in [9.17, 15) is 0 Å². The molecule has 0 aliphatic carbocycles. The topological polar surface area (TPSA) is 42.2 Å². The fourth-order valence-corrected chi connectivity index (χ4v) is 2.43. The largest absolute Gasteiger partial charge is 0.354 e. The highest BCUT2D eigenvalue weighted by Crippen LogP contribution is 2.28. The van der Waals surface area contributed by atoms with Crippen molar-refractivity contribution in [2.45, 2.75) is 25.8 Å². The van der Waals surface area contributed by atoms with E-state index in [0.29, 0.717) is 0 Å². The van der Waals surface area contributed by atoms with Crippen LogP contribution in [0.2, 0.25) is 0 Å². The van der Waals surface area contributed by atoms with Gasteiger partial charge in [0, 0.05) is 25.3 Å². The van der Waals surface area contributed by atoms with Gasteiger partial charge in [-0.25, -0.2) is 4.98 Å².